The highest BCUT2D eigenvalue weighted by molar-refractivity contribution is 6.24. The van der Waals surface area contributed by atoms with E-state index < -0.39 is 0 Å². The van der Waals surface area contributed by atoms with Gasteiger partial charge in [0.1, 0.15) is 22.3 Å². The summed E-state index contributed by atoms with van der Waals surface area (Å²) in [5.74, 6) is 1.63. The van der Waals surface area contributed by atoms with Gasteiger partial charge in [0.2, 0.25) is 5.95 Å². The lowest BCUT2D eigenvalue weighted by Crippen LogP contribution is -2.06. The summed E-state index contributed by atoms with van der Waals surface area (Å²) in [5, 5.41) is 8.59. The Balaban J connectivity index is 1.27. The maximum Gasteiger partial charge on any atom is 0.238 e. The Bertz CT molecular complexity index is 3120. The van der Waals surface area contributed by atoms with Gasteiger partial charge >= 0.3 is 0 Å². The van der Waals surface area contributed by atoms with E-state index in [1.165, 1.54) is 0 Å². The SMILES string of the molecule is c1ccc(-c2nc(-c3cc4ccccc4c4c3oc3ccccc34)nc(-n3c4ccccc4c4c5oc6ccccc6c5ccc43)n2)cc1. The quantitative estimate of drug-likeness (QED) is 0.195. The number of rotatable bonds is 3. The van der Waals surface area contributed by atoms with Gasteiger partial charge in [0.05, 0.1) is 22.0 Å². The van der Waals surface area contributed by atoms with E-state index in [1.807, 2.05) is 60.7 Å². The Hall–Kier alpha value is -6.79. The van der Waals surface area contributed by atoms with E-state index in [4.69, 9.17) is 23.8 Å². The fourth-order valence-corrected chi connectivity index (χ4v) is 7.49. The molecule has 0 aliphatic heterocycles. The molecule has 11 aromatic rings. The molecule has 0 saturated carbocycles. The van der Waals surface area contributed by atoms with E-state index >= 15 is 0 Å². The second kappa shape index (κ2) is 9.86. The van der Waals surface area contributed by atoms with Crippen molar-refractivity contribution in [3.63, 3.8) is 0 Å². The average Bonchev–Trinajstić information content (AvgIpc) is 3.84. The first-order valence-electron chi connectivity index (χ1n) is 16.3. The predicted octanol–water partition coefficient (Wildman–Crippen LogP) is 11.3. The number of para-hydroxylation sites is 3. The topological polar surface area (TPSA) is 69.9 Å². The van der Waals surface area contributed by atoms with E-state index in [0.717, 1.165) is 87.6 Å². The summed E-state index contributed by atoms with van der Waals surface area (Å²) in [4.78, 5) is 15.6. The van der Waals surface area contributed by atoms with Crippen LogP contribution < -0.4 is 0 Å². The maximum absolute atomic E-state index is 6.62. The van der Waals surface area contributed by atoms with Crippen LogP contribution in [0.25, 0.3) is 105 Å². The van der Waals surface area contributed by atoms with Crippen LogP contribution in [0.1, 0.15) is 0 Å². The molecule has 0 fully saturated rings. The average molecular weight is 629 g/mol. The van der Waals surface area contributed by atoms with Crippen LogP contribution in [0.15, 0.2) is 154 Å². The van der Waals surface area contributed by atoms with Crippen LogP contribution in [0.2, 0.25) is 0 Å². The van der Waals surface area contributed by atoms with Crippen LogP contribution in [-0.2, 0) is 0 Å². The third-order valence-electron chi connectivity index (χ3n) is 9.65. The Morgan fingerprint density at radius 2 is 1.08 bits per heavy atom. The van der Waals surface area contributed by atoms with E-state index in [1.54, 1.807) is 0 Å². The first-order chi connectivity index (χ1) is 24.3. The minimum atomic E-state index is 0.517. The maximum atomic E-state index is 6.62. The minimum absolute atomic E-state index is 0.517. The van der Waals surface area contributed by atoms with E-state index in [9.17, 15) is 0 Å². The van der Waals surface area contributed by atoms with Gasteiger partial charge in [0.25, 0.3) is 0 Å². The summed E-state index contributed by atoms with van der Waals surface area (Å²) in [6, 6.07) is 49.6. The van der Waals surface area contributed by atoms with Crippen LogP contribution in [0.3, 0.4) is 0 Å². The highest BCUT2D eigenvalue weighted by atomic mass is 16.3. The first-order valence-corrected chi connectivity index (χ1v) is 16.3. The van der Waals surface area contributed by atoms with Crippen molar-refractivity contribution in [3.05, 3.63) is 146 Å². The number of aromatic nitrogens is 4. The van der Waals surface area contributed by atoms with Gasteiger partial charge in [0, 0.05) is 32.5 Å². The van der Waals surface area contributed by atoms with Crippen molar-refractivity contribution < 1.29 is 8.83 Å². The second-order valence-electron chi connectivity index (χ2n) is 12.4. The monoisotopic (exact) mass is 628 g/mol. The van der Waals surface area contributed by atoms with Gasteiger partial charge in [-0.25, -0.2) is 4.98 Å². The van der Waals surface area contributed by atoms with Crippen molar-refractivity contribution in [3.8, 4) is 28.7 Å². The Morgan fingerprint density at radius 1 is 0.429 bits per heavy atom. The predicted molar refractivity (Wildman–Crippen MR) is 197 cm³/mol. The molecule has 0 aliphatic rings. The van der Waals surface area contributed by atoms with Crippen molar-refractivity contribution in [1.82, 2.24) is 19.5 Å². The molecule has 0 bridgehead atoms. The van der Waals surface area contributed by atoms with Crippen LogP contribution in [-0.4, -0.2) is 19.5 Å². The zero-order valence-corrected chi connectivity index (χ0v) is 26.0. The minimum Gasteiger partial charge on any atom is -0.455 e. The molecule has 0 N–H and O–H groups in total. The Labute approximate surface area is 278 Å². The zero-order chi connectivity index (χ0) is 32.1. The molecule has 0 unspecified atom stereocenters. The van der Waals surface area contributed by atoms with Gasteiger partial charge in [-0.3, -0.25) is 4.57 Å². The molecule has 0 saturated heterocycles. The summed E-state index contributed by atoms with van der Waals surface area (Å²) >= 11 is 0. The molecule has 6 heteroatoms. The van der Waals surface area contributed by atoms with Crippen molar-refractivity contribution in [2.75, 3.05) is 0 Å². The number of nitrogens with zero attached hydrogens (tertiary/aromatic N) is 4. The molecule has 49 heavy (non-hydrogen) atoms. The lowest BCUT2D eigenvalue weighted by atomic mass is 10.00. The van der Waals surface area contributed by atoms with Gasteiger partial charge in [0.15, 0.2) is 11.6 Å². The molecule has 228 valence electrons. The van der Waals surface area contributed by atoms with Gasteiger partial charge in [-0.05, 0) is 47.2 Å². The fraction of sp³-hybridized carbons (Fsp3) is 0. The van der Waals surface area contributed by atoms with Crippen LogP contribution in [0, 0.1) is 0 Å². The standard InChI is InChI=1S/C43H24N4O2/c1-2-12-25(13-3-1)41-44-42(32-24-26-14-4-5-15-27(26)37-31-18-8-11-21-36(31)49-40(32)37)46-43(45-41)47-33-19-9-6-17-30(33)38-34(47)23-22-29-28-16-7-10-20-35(28)48-39(29)38/h1-24H. The lowest BCUT2D eigenvalue weighted by molar-refractivity contribution is 0.669. The summed E-state index contributed by atoms with van der Waals surface area (Å²) in [7, 11) is 0. The van der Waals surface area contributed by atoms with Gasteiger partial charge in [-0.2, -0.15) is 9.97 Å². The molecule has 0 radical (unpaired) electrons. The van der Waals surface area contributed by atoms with Crippen LogP contribution in [0.5, 0.6) is 0 Å². The summed E-state index contributed by atoms with van der Waals surface area (Å²) in [6.45, 7) is 0. The van der Waals surface area contributed by atoms with Crippen molar-refractivity contribution in [2.45, 2.75) is 0 Å². The number of hydrogen-bond donors (Lipinski definition) is 0. The van der Waals surface area contributed by atoms with E-state index in [0.29, 0.717) is 17.6 Å². The molecule has 0 spiro atoms. The molecular weight excluding hydrogens is 604 g/mol. The summed E-state index contributed by atoms with van der Waals surface area (Å²) < 4.78 is 15.3. The molecule has 0 amide bonds. The Kier molecular flexibility index (Phi) is 5.29. The summed E-state index contributed by atoms with van der Waals surface area (Å²) in [6.07, 6.45) is 0. The number of benzene rings is 7. The van der Waals surface area contributed by atoms with Crippen LogP contribution >= 0.6 is 0 Å². The first kappa shape index (κ1) is 26.3. The van der Waals surface area contributed by atoms with Crippen molar-refractivity contribution in [1.29, 1.82) is 0 Å². The molecule has 4 aromatic heterocycles. The van der Waals surface area contributed by atoms with E-state index in [2.05, 4.69) is 89.5 Å². The molecule has 11 rings (SSSR count). The number of hydrogen-bond acceptors (Lipinski definition) is 5. The number of furan rings is 2. The van der Waals surface area contributed by atoms with Gasteiger partial charge < -0.3 is 8.83 Å². The van der Waals surface area contributed by atoms with Crippen molar-refractivity contribution >= 4 is 76.5 Å². The molecular formula is C43H24N4O2. The molecule has 7 aromatic carbocycles. The smallest absolute Gasteiger partial charge is 0.238 e. The normalized spacial score (nSPS) is 12.1. The summed E-state index contributed by atoms with van der Waals surface area (Å²) in [5.41, 5.74) is 6.93. The van der Waals surface area contributed by atoms with Crippen LogP contribution in [0.4, 0.5) is 0 Å². The third kappa shape index (κ3) is 3.74. The zero-order valence-electron chi connectivity index (χ0n) is 26.0. The largest absolute Gasteiger partial charge is 0.455 e. The van der Waals surface area contributed by atoms with Gasteiger partial charge in [-0.15, -0.1) is 0 Å². The lowest BCUT2D eigenvalue weighted by Gasteiger charge is -2.12. The molecule has 4 heterocycles. The number of fused-ring (bicyclic) bond motifs is 12. The fourth-order valence-electron chi connectivity index (χ4n) is 7.49. The highest BCUT2D eigenvalue weighted by Gasteiger charge is 2.23. The van der Waals surface area contributed by atoms with E-state index in [-0.39, 0.29) is 0 Å². The molecule has 0 atom stereocenters. The highest BCUT2D eigenvalue weighted by Crippen LogP contribution is 2.42. The molecule has 6 nitrogen and oxygen atoms in total. The Morgan fingerprint density at radius 3 is 1.94 bits per heavy atom. The molecule has 0 aliphatic carbocycles. The second-order valence-corrected chi connectivity index (χ2v) is 12.4. The third-order valence-corrected chi connectivity index (χ3v) is 9.65. The van der Waals surface area contributed by atoms with Crippen molar-refractivity contribution in [2.24, 2.45) is 0 Å². The van der Waals surface area contributed by atoms with Gasteiger partial charge in [-0.1, -0.05) is 109 Å².